The summed E-state index contributed by atoms with van der Waals surface area (Å²) in [7, 11) is 0. The monoisotopic (exact) mass is 482 g/mol. The third kappa shape index (κ3) is 4.57. The summed E-state index contributed by atoms with van der Waals surface area (Å²) in [4.78, 5) is 47.2. The smallest absolute Gasteiger partial charge is 0.276 e. The van der Waals surface area contributed by atoms with Crippen molar-refractivity contribution in [3.63, 3.8) is 0 Å². The number of benzene rings is 2. The first kappa shape index (κ1) is 21.0. The highest BCUT2D eigenvalue weighted by Crippen LogP contribution is 2.25. The zero-order valence-corrected chi connectivity index (χ0v) is 18.0. The number of ether oxygens (including phenoxy) is 1. The maximum Gasteiger partial charge on any atom is 0.276 e. The Morgan fingerprint density at radius 2 is 1.81 bits per heavy atom. The molecule has 1 fully saturated rings. The molecule has 158 valence electrons. The molecule has 0 bridgehead atoms. The molecule has 2 heterocycles. The molecule has 3 aromatic rings. The zero-order valence-electron chi connectivity index (χ0n) is 16.4. The van der Waals surface area contributed by atoms with Gasteiger partial charge in [-0.1, -0.05) is 46.3 Å². The van der Waals surface area contributed by atoms with E-state index in [1.54, 1.807) is 47.4 Å². The Balaban J connectivity index is 1.60. The van der Waals surface area contributed by atoms with Gasteiger partial charge in [0.2, 0.25) is 0 Å². The summed E-state index contributed by atoms with van der Waals surface area (Å²) in [5, 5.41) is 2.73. The van der Waals surface area contributed by atoms with Crippen LogP contribution in [0.3, 0.4) is 0 Å². The van der Waals surface area contributed by atoms with Crippen LogP contribution in [0.15, 0.2) is 59.3 Å². The van der Waals surface area contributed by atoms with E-state index in [1.165, 1.54) is 6.33 Å². The average molecular weight is 483 g/mol. The van der Waals surface area contributed by atoms with Crippen molar-refractivity contribution in [2.75, 3.05) is 31.6 Å². The third-order valence-electron chi connectivity index (χ3n) is 4.88. The molecule has 1 aliphatic heterocycles. The molecular formula is C22H19BrN4O4. The Hall–Kier alpha value is -3.30. The minimum Gasteiger partial charge on any atom is -0.378 e. The predicted molar refractivity (Wildman–Crippen MR) is 117 cm³/mol. The molecule has 0 aliphatic carbocycles. The number of H-pyrrole nitrogens is 1. The second-order valence-corrected chi connectivity index (χ2v) is 7.79. The molecule has 0 saturated carbocycles. The lowest BCUT2D eigenvalue weighted by molar-refractivity contribution is 0.0298. The fraction of sp³-hybridized carbons (Fsp3) is 0.182. The molecule has 8 nitrogen and oxygen atoms in total. The summed E-state index contributed by atoms with van der Waals surface area (Å²) in [6.07, 6.45) is 1.31. The maximum atomic E-state index is 13.0. The van der Waals surface area contributed by atoms with Gasteiger partial charge in [-0.25, -0.2) is 4.98 Å². The van der Waals surface area contributed by atoms with Crippen molar-refractivity contribution in [1.29, 1.82) is 0 Å². The fourth-order valence-electron chi connectivity index (χ4n) is 3.29. The number of anilines is 1. The lowest BCUT2D eigenvalue weighted by atomic mass is 10.0. The van der Waals surface area contributed by atoms with Crippen LogP contribution in [0.4, 0.5) is 5.69 Å². The van der Waals surface area contributed by atoms with Gasteiger partial charge in [-0.2, -0.15) is 0 Å². The number of aromatic amines is 1. The summed E-state index contributed by atoms with van der Waals surface area (Å²) in [6.45, 7) is 1.79. The molecule has 1 saturated heterocycles. The molecule has 4 rings (SSSR count). The van der Waals surface area contributed by atoms with Crippen molar-refractivity contribution in [1.82, 2.24) is 14.9 Å². The number of hydrogen-bond acceptors (Lipinski definition) is 5. The summed E-state index contributed by atoms with van der Waals surface area (Å²) < 4.78 is 5.97. The minimum atomic E-state index is -0.581. The largest absolute Gasteiger partial charge is 0.378 e. The molecule has 2 N–H and O–H groups in total. The second-order valence-electron chi connectivity index (χ2n) is 6.87. The number of ketones is 1. The number of morpholine rings is 1. The van der Waals surface area contributed by atoms with Gasteiger partial charge >= 0.3 is 0 Å². The van der Waals surface area contributed by atoms with Crippen LogP contribution in [0.2, 0.25) is 0 Å². The Labute approximate surface area is 186 Å². The van der Waals surface area contributed by atoms with E-state index in [4.69, 9.17) is 4.74 Å². The molecule has 2 amide bonds. The summed E-state index contributed by atoms with van der Waals surface area (Å²) in [5.41, 5.74) is 1.23. The van der Waals surface area contributed by atoms with Gasteiger partial charge in [-0.3, -0.25) is 14.4 Å². The molecule has 2 aromatic carbocycles. The van der Waals surface area contributed by atoms with Gasteiger partial charge in [0.1, 0.15) is 5.69 Å². The van der Waals surface area contributed by atoms with Crippen molar-refractivity contribution >= 4 is 39.2 Å². The molecule has 9 heteroatoms. The quantitative estimate of drug-likeness (QED) is 0.543. The van der Waals surface area contributed by atoms with Gasteiger partial charge in [0.25, 0.3) is 11.8 Å². The maximum absolute atomic E-state index is 13.0. The average Bonchev–Trinajstić information content (AvgIpc) is 3.30. The van der Waals surface area contributed by atoms with Gasteiger partial charge in [0, 0.05) is 28.7 Å². The number of carbonyl (C=O) groups excluding carboxylic acids is 3. The summed E-state index contributed by atoms with van der Waals surface area (Å²) >= 11 is 3.37. The van der Waals surface area contributed by atoms with Gasteiger partial charge in [0.05, 0.1) is 25.2 Å². The number of nitrogens with zero attached hydrogens (tertiary/aromatic N) is 2. The standard InChI is InChI=1S/C22H19BrN4O4/c23-15-6-7-17(16(12-15)20(28)14-4-2-1-3-5-14)26-21(29)18-19(25-13-24-18)22(30)27-8-10-31-11-9-27/h1-7,12-13H,8-11H2,(H,24,25)(H,26,29). The van der Waals surface area contributed by atoms with Crippen LogP contribution in [-0.4, -0.2) is 58.8 Å². The van der Waals surface area contributed by atoms with Crippen LogP contribution in [0.1, 0.15) is 36.9 Å². The van der Waals surface area contributed by atoms with E-state index < -0.39 is 5.91 Å². The first-order valence-corrected chi connectivity index (χ1v) is 10.4. The van der Waals surface area contributed by atoms with Crippen LogP contribution in [-0.2, 0) is 4.74 Å². The minimum absolute atomic E-state index is 0.0301. The Morgan fingerprint density at radius 1 is 1.06 bits per heavy atom. The highest BCUT2D eigenvalue weighted by molar-refractivity contribution is 9.10. The second kappa shape index (κ2) is 9.23. The predicted octanol–water partition coefficient (Wildman–Crippen LogP) is 3.13. The van der Waals surface area contributed by atoms with Crippen molar-refractivity contribution in [2.45, 2.75) is 0 Å². The SMILES string of the molecule is O=C(c1ccccc1)c1cc(Br)ccc1NC(=O)c1nc[nH]c1C(=O)N1CCOCC1. The zero-order chi connectivity index (χ0) is 21.8. The Bertz CT molecular complexity index is 1120. The normalized spacial score (nSPS) is 13.6. The van der Waals surface area contributed by atoms with E-state index in [2.05, 4.69) is 31.2 Å². The fourth-order valence-corrected chi connectivity index (χ4v) is 3.65. The lowest BCUT2D eigenvalue weighted by Crippen LogP contribution is -2.41. The van der Waals surface area contributed by atoms with Gasteiger partial charge in [-0.05, 0) is 18.2 Å². The number of nitrogens with one attached hydrogen (secondary N) is 2. The number of halogens is 1. The summed E-state index contributed by atoms with van der Waals surface area (Å²) in [6, 6.07) is 13.8. The van der Waals surface area contributed by atoms with Crippen molar-refractivity contribution in [3.05, 3.63) is 81.8 Å². The first-order valence-electron chi connectivity index (χ1n) is 9.65. The number of hydrogen-bond donors (Lipinski definition) is 2. The van der Waals surface area contributed by atoms with Crippen LogP contribution in [0.25, 0.3) is 0 Å². The number of carbonyl (C=O) groups is 3. The van der Waals surface area contributed by atoms with Crippen molar-refractivity contribution in [3.8, 4) is 0 Å². The van der Waals surface area contributed by atoms with Gasteiger partial charge in [0.15, 0.2) is 11.5 Å². The van der Waals surface area contributed by atoms with Crippen molar-refractivity contribution in [2.24, 2.45) is 0 Å². The van der Waals surface area contributed by atoms with E-state index in [0.717, 1.165) is 0 Å². The first-order chi connectivity index (χ1) is 15.0. The molecular weight excluding hydrogens is 464 g/mol. The third-order valence-corrected chi connectivity index (χ3v) is 5.37. The number of rotatable bonds is 5. The molecule has 31 heavy (non-hydrogen) atoms. The van der Waals surface area contributed by atoms with E-state index in [-0.39, 0.29) is 23.1 Å². The number of imidazole rings is 1. The van der Waals surface area contributed by atoms with Gasteiger partial charge in [-0.15, -0.1) is 0 Å². The van der Waals surface area contributed by atoms with Crippen LogP contribution < -0.4 is 5.32 Å². The summed E-state index contributed by atoms with van der Waals surface area (Å²) in [5.74, 6) is -1.13. The molecule has 0 radical (unpaired) electrons. The molecule has 1 aromatic heterocycles. The highest BCUT2D eigenvalue weighted by Gasteiger charge is 2.27. The van der Waals surface area contributed by atoms with E-state index in [1.807, 2.05) is 6.07 Å². The number of amides is 2. The number of aromatic nitrogens is 2. The van der Waals surface area contributed by atoms with Crippen LogP contribution in [0.5, 0.6) is 0 Å². The van der Waals surface area contributed by atoms with Gasteiger partial charge < -0.3 is 19.9 Å². The van der Waals surface area contributed by atoms with E-state index in [9.17, 15) is 14.4 Å². The van der Waals surface area contributed by atoms with E-state index in [0.29, 0.717) is 47.6 Å². The van der Waals surface area contributed by atoms with E-state index >= 15 is 0 Å². The molecule has 0 spiro atoms. The molecule has 1 aliphatic rings. The van der Waals surface area contributed by atoms with Crippen LogP contribution >= 0.6 is 15.9 Å². The molecule has 0 unspecified atom stereocenters. The lowest BCUT2D eigenvalue weighted by Gasteiger charge is -2.26. The molecule has 0 atom stereocenters. The van der Waals surface area contributed by atoms with Crippen LogP contribution in [0, 0.1) is 0 Å². The Kier molecular flexibility index (Phi) is 6.24. The highest BCUT2D eigenvalue weighted by atomic mass is 79.9. The topological polar surface area (TPSA) is 104 Å². The van der Waals surface area contributed by atoms with Crippen molar-refractivity contribution < 1.29 is 19.1 Å². The Morgan fingerprint density at radius 3 is 2.55 bits per heavy atom.